The van der Waals surface area contributed by atoms with Gasteiger partial charge < -0.3 is 14.8 Å². The van der Waals surface area contributed by atoms with E-state index >= 15 is 0 Å². The third-order valence-electron chi connectivity index (χ3n) is 6.56. The summed E-state index contributed by atoms with van der Waals surface area (Å²) in [5.41, 5.74) is 2.12. The van der Waals surface area contributed by atoms with Gasteiger partial charge in [0.25, 0.3) is 21.8 Å². The second kappa shape index (κ2) is 14.4. The van der Waals surface area contributed by atoms with Gasteiger partial charge in [0.1, 0.15) is 12.3 Å². The van der Waals surface area contributed by atoms with Crippen LogP contribution in [0.2, 0.25) is 0 Å². The number of sulfonamides is 1. The minimum absolute atomic E-state index is 0.0271. The summed E-state index contributed by atoms with van der Waals surface area (Å²) in [6.45, 7) is 1.87. The first-order valence-electron chi connectivity index (χ1n) is 13.6. The van der Waals surface area contributed by atoms with Crippen molar-refractivity contribution < 1.29 is 40.7 Å². The Morgan fingerprint density at radius 2 is 1.80 bits per heavy atom. The molecule has 234 valence electrons. The van der Waals surface area contributed by atoms with Crippen molar-refractivity contribution in [1.82, 2.24) is 10.7 Å². The summed E-state index contributed by atoms with van der Waals surface area (Å²) >= 11 is 0. The first-order valence-corrected chi connectivity index (χ1v) is 15.1. The molecule has 0 spiro atoms. The fraction of sp³-hybridized carbons (Fsp3) is 0.300. The van der Waals surface area contributed by atoms with Crippen molar-refractivity contribution >= 4 is 33.7 Å². The molecule has 1 heterocycles. The zero-order valence-electron chi connectivity index (χ0n) is 23.7. The Kier molecular flexibility index (Phi) is 10.6. The summed E-state index contributed by atoms with van der Waals surface area (Å²) in [5.74, 6) is -0.739. The van der Waals surface area contributed by atoms with Gasteiger partial charge in [0.2, 0.25) is 0 Å². The first-order chi connectivity index (χ1) is 20.9. The molecule has 0 aromatic heterocycles. The van der Waals surface area contributed by atoms with E-state index in [1.807, 2.05) is 0 Å². The largest absolute Gasteiger partial charge is 0.484 e. The molecule has 3 aromatic rings. The van der Waals surface area contributed by atoms with Gasteiger partial charge in [0.05, 0.1) is 28.5 Å². The minimum Gasteiger partial charge on any atom is -0.484 e. The summed E-state index contributed by atoms with van der Waals surface area (Å²) in [7, 11) is -4.43. The lowest BCUT2D eigenvalue weighted by Crippen LogP contribution is -2.39. The molecule has 0 radical (unpaired) electrons. The number of carbonyl (C=O) groups excluding carboxylic acids is 2. The molecular weight excluding hydrogens is 601 g/mol. The van der Waals surface area contributed by atoms with Gasteiger partial charge in [-0.3, -0.25) is 13.9 Å². The average molecular weight is 633 g/mol. The summed E-state index contributed by atoms with van der Waals surface area (Å²) in [5, 5.41) is 6.59. The number of carbonyl (C=O) groups is 2. The Hall–Kier alpha value is -4.43. The van der Waals surface area contributed by atoms with E-state index in [-0.39, 0.29) is 29.2 Å². The third kappa shape index (κ3) is 9.04. The van der Waals surface area contributed by atoms with Crippen LogP contribution in [0.15, 0.2) is 82.8 Å². The van der Waals surface area contributed by atoms with Gasteiger partial charge in [-0.05, 0) is 79.9 Å². The molecule has 4 rings (SSSR count). The molecular formula is C30H31F3N4O6S. The van der Waals surface area contributed by atoms with Crippen molar-refractivity contribution in [2.45, 2.75) is 36.9 Å². The maximum absolute atomic E-state index is 13.4. The number of aryl methyl sites for hydroxylation is 1. The van der Waals surface area contributed by atoms with E-state index in [4.69, 9.17) is 9.47 Å². The second-order valence-corrected chi connectivity index (χ2v) is 11.8. The first kappa shape index (κ1) is 32.5. The van der Waals surface area contributed by atoms with Crippen LogP contribution in [0.1, 0.15) is 29.5 Å². The molecule has 10 nitrogen and oxygen atoms in total. The lowest BCUT2D eigenvalue weighted by molar-refractivity contribution is -0.137. The molecule has 1 fully saturated rings. The highest BCUT2D eigenvalue weighted by Gasteiger charge is 2.33. The summed E-state index contributed by atoms with van der Waals surface area (Å²) in [6.07, 6.45) is -1.52. The molecule has 3 aromatic carbocycles. The van der Waals surface area contributed by atoms with Crippen molar-refractivity contribution in [1.29, 1.82) is 0 Å². The molecule has 1 atom stereocenters. The lowest BCUT2D eigenvalue weighted by Gasteiger charge is -2.24. The quantitative estimate of drug-likeness (QED) is 0.229. The van der Waals surface area contributed by atoms with Crippen molar-refractivity contribution in [3.8, 4) is 5.75 Å². The Morgan fingerprint density at radius 1 is 1.07 bits per heavy atom. The minimum atomic E-state index is -4.72. The highest BCUT2D eigenvalue weighted by molar-refractivity contribution is 7.92. The summed E-state index contributed by atoms with van der Waals surface area (Å²) in [4.78, 5) is 24.5. The van der Waals surface area contributed by atoms with Gasteiger partial charge in [-0.2, -0.15) is 18.3 Å². The van der Waals surface area contributed by atoms with E-state index < -0.39 is 34.2 Å². The molecule has 1 saturated heterocycles. The number of benzene rings is 3. The molecule has 2 N–H and O–H groups in total. The zero-order valence-corrected chi connectivity index (χ0v) is 24.5. The number of halogens is 3. The van der Waals surface area contributed by atoms with Crippen LogP contribution in [0.5, 0.6) is 5.75 Å². The van der Waals surface area contributed by atoms with Gasteiger partial charge in [0.15, 0.2) is 6.61 Å². The van der Waals surface area contributed by atoms with Crippen LogP contribution in [0.3, 0.4) is 0 Å². The Labute approximate surface area is 252 Å². The highest BCUT2D eigenvalue weighted by Crippen LogP contribution is 2.33. The molecule has 1 aliphatic rings. The number of ether oxygens (including phenoxy) is 2. The number of rotatable bonds is 12. The summed E-state index contributed by atoms with van der Waals surface area (Å²) in [6, 6.07) is 15.9. The molecule has 0 aliphatic carbocycles. The molecule has 0 unspecified atom stereocenters. The monoisotopic (exact) mass is 632 g/mol. The van der Waals surface area contributed by atoms with Gasteiger partial charge in [-0.1, -0.05) is 23.8 Å². The van der Waals surface area contributed by atoms with E-state index in [9.17, 15) is 31.2 Å². The maximum Gasteiger partial charge on any atom is 0.416 e. The molecule has 1 aliphatic heterocycles. The van der Waals surface area contributed by atoms with E-state index in [0.29, 0.717) is 34.8 Å². The van der Waals surface area contributed by atoms with Gasteiger partial charge in [-0.25, -0.2) is 13.8 Å². The number of alkyl halides is 3. The molecule has 0 saturated carbocycles. The van der Waals surface area contributed by atoms with Crippen molar-refractivity contribution in [2.24, 2.45) is 5.10 Å². The number of anilines is 1. The van der Waals surface area contributed by atoms with Crippen molar-refractivity contribution in [2.75, 3.05) is 30.6 Å². The Balaban J connectivity index is 1.38. The van der Waals surface area contributed by atoms with E-state index in [0.717, 1.165) is 30.5 Å². The Bertz CT molecular complexity index is 1570. The van der Waals surface area contributed by atoms with Gasteiger partial charge >= 0.3 is 6.18 Å². The third-order valence-corrected chi connectivity index (χ3v) is 8.35. The number of hydrogen-bond donors (Lipinski definition) is 2. The van der Waals surface area contributed by atoms with Gasteiger partial charge in [0, 0.05) is 13.2 Å². The normalized spacial score (nSPS) is 15.2. The second-order valence-electron chi connectivity index (χ2n) is 9.96. The number of hydrazone groups is 1. The maximum atomic E-state index is 13.4. The zero-order chi connectivity index (χ0) is 31.7. The van der Waals surface area contributed by atoms with Crippen molar-refractivity contribution in [3.05, 3.63) is 89.5 Å². The number of nitrogens with zero attached hydrogens (tertiary/aromatic N) is 2. The van der Waals surface area contributed by atoms with Crippen LogP contribution in [-0.2, 0) is 30.5 Å². The molecule has 0 bridgehead atoms. The van der Waals surface area contributed by atoms with E-state index in [2.05, 4.69) is 15.8 Å². The topological polar surface area (TPSA) is 126 Å². The standard InChI is InChI=1S/C30H31F3N4O6S/c1-21-7-13-27(14-8-21)44(40,41)37(24-5-2-4-23(16-24)30(31,32)33)19-28(38)36-35-17-22-9-11-25(12-10-22)43-20-29(39)34-18-26-6-3-15-42-26/h2,4-5,7-14,16-17,26H,3,6,15,18-20H2,1H3,(H,34,39)(H,36,38)/b35-17-/t26-/m1/s1. The van der Waals surface area contributed by atoms with E-state index in [1.54, 1.807) is 43.3 Å². The predicted molar refractivity (Wildman–Crippen MR) is 157 cm³/mol. The SMILES string of the molecule is Cc1ccc(S(=O)(=O)N(CC(=O)N/N=C\c2ccc(OCC(=O)NC[C@H]3CCCO3)cc2)c2cccc(C(F)(F)F)c2)cc1. The fourth-order valence-corrected chi connectivity index (χ4v) is 5.63. The number of hydrogen-bond acceptors (Lipinski definition) is 7. The van der Waals surface area contributed by atoms with Crippen LogP contribution >= 0.6 is 0 Å². The fourth-order valence-electron chi connectivity index (χ4n) is 4.22. The Morgan fingerprint density at radius 3 is 2.45 bits per heavy atom. The van der Waals surface area contributed by atoms with E-state index in [1.165, 1.54) is 24.4 Å². The van der Waals surface area contributed by atoms with Gasteiger partial charge in [-0.15, -0.1) is 0 Å². The number of nitrogens with one attached hydrogen (secondary N) is 2. The lowest BCUT2D eigenvalue weighted by atomic mass is 10.2. The molecule has 2 amide bonds. The average Bonchev–Trinajstić information content (AvgIpc) is 3.52. The predicted octanol–water partition coefficient (Wildman–Crippen LogP) is 4.03. The summed E-state index contributed by atoms with van der Waals surface area (Å²) < 4.78 is 78.5. The van der Waals surface area contributed by atoms with Crippen LogP contribution < -0.4 is 19.8 Å². The molecule has 44 heavy (non-hydrogen) atoms. The number of amides is 2. The molecule has 14 heteroatoms. The van der Waals surface area contributed by atoms with Crippen molar-refractivity contribution in [3.63, 3.8) is 0 Å². The van der Waals surface area contributed by atoms with Crippen LogP contribution in [0, 0.1) is 6.92 Å². The highest BCUT2D eigenvalue weighted by atomic mass is 32.2. The van der Waals surface area contributed by atoms with Crippen LogP contribution in [-0.4, -0.2) is 58.9 Å². The van der Waals surface area contributed by atoms with Crippen LogP contribution in [0.4, 0.5) is 18.9 Å². The van der Waals surface area contributed by atoms with Crippen LogP contribution in [0.25, 0.3) is 0 Å². The smallest absolute Gasteiger partial charge is 0.416 e.